The summed E-state index contributed by atoms with van der Waals surface area (Å²) >= 11 is 5.79. The third-order valence-corrected chi connectivity index (χ3v) is 2.32. The Labute approximate surface area is 102 Å². The maximum atomic E-state index is 12.4. The van der Waals surface area contributed by atoms with Crippen molar-refractivity contribution in [2.45, 2.75) is 19.5 Å². The summed E-state index contributed by atoms with van der Waals surface area (Å²) in [7, 11) is 0. The maximum absolute atomic E-state index is 12.4. The van der Waals surface area contributed by atoms with Gasteiger partial charge in [-0.15, -0.1) is 0 Å². The van der Waals surface area contributed by atoms with Crippen molar-refractivity contribution in [1.82, 2.24) is 9.97 Å². The number of rotatable bonds is 4. The van der Waals surface area contributed by atoms with Crippen LogP contribution in [0, 0.1) is 0 Å². The van der Waals surface area contributed by atoms with Crippen molar-refractivity contribution in [3.8, 4) is 0 Å². The Morgan fingerprint density at radius 3 is 2.59 bits per heavy atom. The van der Waals surface area contributed by atoms with Gasteiger partial charge in [-0.2, -0.15) is 13.2 Å². The van der Waals surface area contributed by atoms with Gasteiger partial charge in [0.2, 0.25) is 0 Å². The highest BCUT2D eigenvalue weighted by Crippen LogP contribution is 2.29. The predicted molar refractivity (Wildman–Crippen MR) is 60.0 cm³/mol. The highest BCUT2D eigenvalue weighted by Gasteiger charge is 2.32. The summed E-state index contributed by atoms with van der Waals surface area (Å²) in [6.07, 6.45) is -2.69. The van der Waals surface area contributed by atoms with Crippen molar-refractivity contribution in [3.63, 3.8) is 0 Å². The number of alkyl halides is 3. The molecule has 0 aliphatic rings. The first-order valence-electron chi connectivity index (χ1n) is 4.92. The number of anilines is 2. The quantitative estimate of drug-likeness (QED) is 0.911. The molecule has 0 amide bonds. The molecule has 96 valence electrons. The van der Waals surface area contributed by atoms with E-state index in [-0.39, 0.29) is 23.2 Å². The van der Waals surface area contributed by atoms with Gasteiger partial charge in [0.1, 0.15) is 23.7 Å². The van der Waals surface area contributed by atoms with Crippen LogP contribution in [0.15, 0.2) is 6.33 Å². The molecule has 0 bridgehead atoms. The van der Waals surface area contributed by atoms with E-state index in [4.69, 9.17) is 17.3 Å². The molecule has 0 saturated carbocycles. The summed E-state index contributed by atoms with van der Waals surface area (Å²) in [6.45, 7) is 0.842. The minimum atomic E-state index is -4.32. The van der Waals surface area contributed by atoms with Gasteiger partial charge in [0, 0.05) is 6.54 Å². The summed E-state index contributed by atoms with van der Waals surface area (Å²) in [5, 5.41) is -0.0507. The topological polar surface area (TPSA) is 55.0 Å². The maximum Gasteiger partial charge on any atom is 0.405 e. The van der Waals surface area contributed by atoms with Gasteiger partial charge in [-0.05, 0) is 6.42 Å². The molecular formula is C9H12ClF3N4. The predicted octanol–water partition coefficient (Wildman–Crippen LogP) is 2.49. The number of nitrogen functional groups attached to an aromatic ring is 1. The summed E-state index contributed by atoms with van der Waals surface area (Å²) in [4.78, 5) is 8.39. The average Bonchev–Trinajstić information content (AvgIpc) is 2.19. The van der Waals surface area contributed by atoms with Gasteiger partial charge in [-0.3, -0.25) is 0 Å². The number of aromatic nitrogens is 2. The monoisotopic (exact) mass is 268 g/mol. The average molecular weight is 269 g/mol. The smallest absolute Gasteiger partial charge is 0.382 e. The van der Waals surface area contributed by atoms with E-state index in [9.17, 15) is 13.2 Å². The van der Waals surface area contributed by atoms with Crippen LogP contribution < -0.4 is 10.6 Å². The van der Waals surface area contributed by atoms with E-state index in [2.05, 4.69) is 9.97 Å². The molecule has 4 nitrogen and oxygen atoms in total. The Morgan fingerprint density at radius 1 is 1.41 bits per heavy atom. The molecule has 0 aliphatic heterocycles. The molecule has 1 heterocycles. The van der Waals surface area contributed by atoms with Gasteiger partial charge in [-0.1, -0.05) is 18.5 Å². The molecule has 0 aromatic carbocycles. The van der Waals surface area contributed by atoms with Crippen LogP contribution in [0.3, 0.4) is 0 Å². The van der Waals surface area contributed by atoms with Crippen LogP contribution in [0.2, 0.25) is 5.02 Å². The van der Waals surface area contributed by atoms with Gasteiger partial charge in [-0.25, -0.2) is 9.97 Å². The first-order valence-corrected chi connectivity index (χ1v) is 5.30. The molecule has 1 aromatic heterocycles. The largest absolute Gasteiger partial charge is 0.405 e. The van der Waals surface area contributed by atoms with Crippen molar-refractivity contribution in [3.05, 3.63) is 11.3 Å². The van der Waals surface area contributed by atoms with E-state index >= 15 is 0 Å². The molecular weight excluding hydrogens is 257 g/mol. The molecule has 1 rings (SSSR count). The fourth-order valence-corrected chi connectivity index (χ4v) is 1.56. The fraction of sp³-hybridized carbons (Fsp3) is 0.556. The van der Waals surface area contributed by atoms with E-state index in [1.165, 1.54) is 0 Å². The standard InChI is InChI=1S/C9H12ClF3N4/c1-2-3-17(4-9(11,12)13)8-6(10)7(14)15-5-16-8/h5H,2-4H2,1H3,(H2,14,15,16). The summed E-state index contributed by atoms with van der Waals surface area (Å²) < 4.78 is 37.2. The summed E-state index contributed by atoms with van der Waals surface area (Å²) in [5.74, 6) is -0.0155. The number of halogens is 4. The number of hydrogen-bond acceptors (Lipinski definition) is 4. The molecule has 0 radical (unpaired) electrons. The van der Waals surface area contributed by atoms with Crippen molar-refractivity contribution in [2.24, 2.45) is 0 Å². The number of nitrogens with two attached hydrogens (primary N) is 1. The van der Waals surface area contributed by atoms with Crippen molar-refractivity contribution >= 4 is 23.2 Å². The highest BCUT2D eigenvalue weighted by molar-refractivity contribution is 6.35. The van der Waals surface area contributed by atoms with Gasteiger partial charge < -0.3 is 10.6 Å². The van der Waals surface area contributed by atoms with Crippen molar-refractivity contribution in [2.75, 3.05) is 23.7 Å². The second-order valence-electron chi connectivity index (χ2n) is 3.43. The summed E-state index contributed by atoms with van der Waals surface area (Å²) in [5.41, 5.74) is 5.43. The third kappa shape index (κ3) is 3.92. The van der Waals surface area contributed by atoms with Crippen molar-refractivity contribution < 1.29 is 13.2 Å². The van der Waals surface area contributed by atoms with Gasteiger partial charge >= 0.3 is 6.18 Å². The second-order valence-corrected chi connectivity index (χ2v) is 3.81. The molecule has 0 aliphatic carbocycles. The second kappa shape index (κ2) is 5.39. The molecule has 8 heteroatoms. The number of hydrogen-bond donors (Lipinski definition) is 1. The van der Waals surface area contributed by atoms with E-state index in [0.29, 0.717) is 6.42 Å². The van der Waals surface area contributed by atoms with Crippen LogP contribution in [-0.2, 0) is 0 Å². The Balaban J connectivity index is 3.01. The Bertz CT molecular complexity index is 383. The van der Waals surface area contributed by atoms with E-state index in [1.807, 2.05) is 0 Å². The lowest BCUT2D eigenvalue weighted by atomic mass is 10.3. The number of nitrogens with zero attached hydrogens (tertiary/aromatic N) is 3. The van der Waals surface area contributed by atoms with Crippen LogP contribution in [0.1, 0.15) is 13.3 Å². The Morgan fingerprint density at radius 2 is 2.06 bits per heavy atom. The van der Waals surface area contributed by atoms with Crippen LogP contribution in [0.5, 0.6) is 0 Å². The molecule has 0 saturated heterocycles. The van der Waals surface area contributed by atoms with Gasteiger partial charge in [0.15, 0.2) is 5.82 Å². The zero-order chi connectivity index (χ0) is 13.1. The minimum Gasteiger partial charge on any atom is -0.382 e. The molecule has 0 spiro atoms. The first-order chi connectivity index (χ1) is 7.85. The highest BCUT2D eigenvalue weighted by atomic mass is 35.5. The van der Waals surface area contributed by atoms with Gasteiger partial charge in [0.25, 0.3) is 0 Å². The SMILES string of the molecule is CCCN(CC(F)(F)F)c1ncnc(N)c1Cl. The lowest BCUT2D eigenvalue weighted by Crippen LogP contribution is -2.35. The van der Waals surface area contributed by atoms with Crippen LogP contribution in [0.25, 0.3) is 0 Å². The van der Waals surface area contributed by atoms with Crippen molar-refractivity contribution in [1.29, 1.82) is 0 Å². The zero-order valence-corrected chi connectivity index (χ0v) is 9.89. The van der Waals surface area contributed by atoms with Crippen LogP contribution in [0.4, 0.5) is 24.8 Å². The van der Waals surface area contributed by atoms with Crippen LogP contribution in [-0.4, -0.2) is 29.2 Å². The summed E-state index contributed by atoms with van der Waals surface area (Å²) in [6, 6.07) is 0. The molecule has 1 aromatic rings. The Kier molecular flexibility index (Phi) is 4.39. The first kappa shape index (κ1) is 13.8. The molecule has 0 fully saturated rings. The molecule has 0 unspecified atom stereocenters. The molecule has 17 heavy (non-hydrogen) atoms. The third-order valence-electron chi connectivity index (χ3n) is 1.96. The van der Waals surface area contributed by atoms with E-state index in [1.54, 1.807) is 6.92 Å². The van der Waals surface area contributed by atoms with E-state index in [0.717, 1.165) is 11.2 Å². The van der Waals surface area contributed by atoms with Gasteiger partial charge in [0.05, 0.1) is 0 Å². The van der Waals surface area contributed by atoms with E-state index < -0.39 is 12.7 Å². The fourth-order valence-electron chi connectivity index (χ4n) is 1.34. The lowest BCUT2D eigenvalue weighted by molar-refractivity contribution is -0.119. The normalized spacial score (nSPS) is 11.6. The lowest BCUT2D eigenvalue weighted by Gasteiger charge is -2.25. The van der Waals surface area contributed by atoms with Crippen LogP contribution >= 0.6 is 11.6 Å². The molecule has 0 atom stereocenters. The minimum absolute atomic E-state index is 0.0124. The molecule has 2 N–H and O–H groups in total. The zero-order valence-electron chi connectivity index (χ0n) is 9.13. The Hall–Kier alpha value is -1.24.